The predicted octanol–water partition coefficient (Wildman–Crippen LogP) is 4.54. The van der Waals surface area contributed by atoms with Gasteiger partial charge in [0, 0.05) is 5.56 Å². The van der Waals surface area contributed by atoms with Gasteiger partial charge in [-0.3, -0.25) is 4.79 Å². The van der Waals surface area contributed by atoms with Crippen LogP contribution in [0.3, 0.4) is 0 Å². The Balaban J connectivity index is 0.000000367. The number of hydrogen-bond donors (Lipinski definition) is 1. The number of ether oxygens (including phenoxy) is 1. The maximum absolute atomic E-state index is 10.6. The first-order valence-electron chi connectivity index (χ1n) is 6.76. The lowest BCUT2D eigenvalue weighted by molar-refractivity contribution is -0.00206. The second kappa shape index (κ2) is 9.13. The summed E-state index contributed by atoms with van der Waals surface area (Å²) in [5.41, 5.74) is 0.250. The van der Waals surface area contributed by atoms with Gasteiger partial charge in [-0.25, -0.2) is 4.79 Å². The van der Waals surface area contributed by atoms with Crippen LogP contribution in [-0.4, -0.2) is 22.6 Å². The molecule has 4 heteroatoms. The van der Waals surface area contributed by atoms with E-state index >= 15 is 0 Å². The van der Waals surface area contributed by atoms with E-state index < -0.39 is 11.8 Å². The van der Waals surface area contributed by atoms with Gasteiger partial charge >= 0.3 is 6.16 Å². The van der Waals surface area contributed by atoms with Crippen LogP contribution in [0.4, 0.5) is 4.79 Å². The van der Waals surface area contributed by atoms with Crippen molar-refractivity contribution < 1.29 is 19.4 Å². The lowest BCUT2D eigenvalue weighted by Gasteiger charge is -2.22. The lowest BCUT2D eigenvalue weighted by atomic mass is 10.0. The van der Waals surface area contributed by atoms with Gasteiger partial charge in [-0.1, -0.05) is 43.7 Å². The van der Waals surface area contributed by atoms with Crippen molar-refractivity contribution in [3.63, 3.8) is 0 Å². The molecule has 1 N–H and O–H groups in total. The van der Waals surface area contributed by atoms with Crippen LogP contribution in [-0.2, 0) is 4.74 Å². The molecule has 1 aromatic carbocycles. The van der Waals surface area contributed by atoms with E-state index in [0.717, 1.165) is 24.8 Å². The molecule has 0 fully saturated rings. The molecule has 0 unspecified atom stereocenters. The van der Waals surface area contributed by atoms with Crippen LogP contribution in [0.25, 0.3) is 0 Å². The fourth-order valence-corrected chi connectivity index (χ4v) is 1.56. The van der Waals surface area contributed by atoms with Crippen molar-refractivity contribution in [3.8, 4) is 0 Å². The first kappa shape index (κ1) is 18.2. The fraction of sp³-hybridized carbons (Fsp3) is 0.500. The first-order valence-corrected chi connectivity index (χ1v) is 6.76. The van der Waals surface area contributed by atoms with Crippen LogP contribution in [0.5, 0.6) is 0 Å². The first-order chi connectivity index (χ1) is 9.28. The zero-order valence-electron chi connectivity index (χ0n) is 12.7. The second-order valence-corrected chi connectivity index (χ2v) is 5.15. The molecule has 0 saturated heterocycles. The Bertz CT molecular complexity index is 410. The monoisotopic (exact) mass is 280 g/mol. The van der Waals surface area contributed by atoms with E-state index in [0.29, 0.717) is 0 Å². The van der Waals surface area contributed by atoms with Crippen LogP contribution in [0.15, 0.2) is 30.3 Å². The molecular weight excluding hydrogens is 256 g/mol. The van der Waals surface area contributed by atoms with E-state index in [1.54, 1.807) is 20.8 Å². The number of rotatable bonds is 5. The highest BCUT2D eigenvalue weighted by Crippen LogP contribution is 2.17. The Morgan fingerprint density at radius 1 is 1.20 bits per heavy atom. The number of benzene rings is 1. The number of hydrogen-bond acceptors (Lipinski definition) is 3. The maximum Gasteiger partial charge on any atom is 0.506 e. The molecule has 1 rings (SSSR count). The molecule has 4 nitrogen and oxygen atoms in total. The lowest BCUT2D eigenvalue weighted by Crippen LogP contribution is -2.26. The van der Waals surface area contributed by atoms with Gasteiger partial charge < -0.3 is 9.84 Å². The molecule has 0 amide bonds. The number of ketones is 1. The van der Waals surface area contributed by atoms with Gasteiger partial charge in [-0.15, -0.1) is 0 Å². The van der Waals surface area contributed by atoms with Gasteiger partial charge in [-0.2, -0.15) is 0 Å². The Labute approximate surface area is 120 Å². The van der Waals surface area contributed by atoms with Crippen LogP contribution in [0.1, 0.15) is 57.3 Å². The van der Waals surface area contributed by atoms with Crippen molar-refractivity contribution in [2.45, 2.75) is 52.6 Å². The average molecular weight is 280 g/mol. The van der Waals surface area contributed by atoms with E-state index in [2.05, 4.69) is 11.7 Å². The third-order valence-corrected chi connectivity index (χ3v) is 2.68. The van der Waals surface area contributed by atoms with Crippen LogP contribution >= 0.6 is 0 Å². The quantitative estimate of drug-likeness (QED) is 0.635. The van der Waals surface area contributed by atoms with Gasteiger partial charge in [0.1, 0.15) is 5.60 Å². The van der Waals surface area contributed by atoms with Gasteiger partial charge in [0.2, 0.25) is 0 Å². The molecule has 0 spiro atoms. The van der Waals surface area contributed by atoms with Crippen molar-refractivity contribution in [1.82, 2.24) is 0 Å². The van der Waals surface area contributed by atoms with Crippen LogP contribution < -0.4 is 0 Å². The van der Waals surface area contributed by atoms with E-state index in [4.69, 9.17) is 5.11 Å². The van der Waals surface area contributed by atoms with Crippen molar-refractivity contribution >= 4 is 11.9 Å². The second-order valence-electron chi connectivity index (χ2n) is 5.15. The highest BCUT2D eigenvalue weighted by molar-refractivity contribution is 5.93. The Hall–Kier alpha value is -1.84. The molecule has 1 aromatic rings. The number of Topliss-reactive ketones (excluding diaryl/α,β-unsaturated/α-hetero) is 1. The molecule has 20 heavy (non-hydrogen) atoms. The predicted molar refractivity (Wildman–Crippen MR) is 79.2 cm³/mol. The van der Waals surface area contributed by atoms with Crippen molar-refractivity contribution in [1.29, 1.82) is 0 Å². The zero-order chi connectivity index (χ0) is 15.6. The molecule has 0 heterocycles. The van der Waals surface area contributed by atoms with Crippen molar-refractivity contribution in [2.75, 3.05) is 0 Å². The molecule has 0 aliphatic carbocycles. The van der Waals surface area contributed by atoms with Crippen molar-refractivity contribution in [2.24, 2.45) is 0 Å². The maximum atomic E-state index is 10.6. The highest BCUT2D eigenvalue weighted by Gasteiger charge is 2.21. The zero-order valence-corrected chi connectivity index (χ0v) is 12.7. The third-order valence-electron chi connectivity index (χ3n) is 2.68. The van der Waals surface area contributed by atoms with Gasteiger partial charge in [0.05, 0.1) is 0 Å². The molecule has 0 atom stereocenters. The average Bonchev–Trinajstić information content (AvgIpc) is 2.37. The summed E-state index contributed by atoms with van der Waals surface area (Å²) in [5, 5.41) is 8.33. The van der Waals surface area contributed by atoms with E-state index in [9.17, 15) is 9.59 Å². The summed E-state index contributed by atoms with van der Waals surface area (Å²) in [6.07, 6.45) is 1.66. The smallest absolute Gasteiger partial charge is 0.450 e. The Morgan fingerprint density at radius 2 is 1.75 bits per heavy atom. The number of unbranched alkanes of at least 4 members (excludes halogenated alkanes) is 1. The van der Waals surface area contributed by atoms with Gasteiger partial charge in [-0.05, 0) is 33.6 Å². The normalized spacial score (nSPS) is 10.2. The van der Waals surface area contributed by atoms with E-state index in [1.165, 1.54) is 0 Å². The van der Waals surface area contributed by atoms with Gasteiger partial charge in [0.15, 0.2) is 5.78 Å². The summed E-state index contributed by atoms with van der Waals surface area (Å²) in [6.45, 7) is 7.21. The van der Waals surface area contributed by atoms with Crippen LogP contribution in [0, 0.1) is 0 Å². The fourth-order valence-electron chi connectivity index (χ4n) is 1.56. The SMILES string of the molecule is CC(=O)c1ccccc1.CCCCC(C)(C)OC(=O)O. The number of carbonyl (C=O) groups excluding carboxylic acids is 1. The summed E-state index contributed by atoms with van der Waals surface area (Å²) < 4.78 is 4.66. The van der Waals surface area contributed by atoms with Gasteiger partial charge in [0.25, 0.3) is 0 Å². The summed E-state index contributed by atoms with van der Waals surface area (Å²) in [6, 6.07) is 9.23. The summed E-state index contributed by atoms with van der Waals surface area (Å²) in [5.74, 6) is 0.121. The van der Waals surface area contributed by atoms with E-state index in [1.807, 2.05) is 30.3 Å². The topological polar surface area (TPSA) is 63.6 Å². The largest absolute Gasteiger partial charge is 0.506 e. The van der Waals surface area contributed by atoms with Crippen molar-refractivity contribution in [3.05, 3.63) is 35.9 Å². The highest BCUT2D eigenvalue weighted by atomic mass is 16.7. The molecule has 112 valence electrons. The Kier molecular flexibility index (Phi) is 8.29. The summed E-state index contributed by atoms with van der Waals surface area (Å²) in [4.78, 5) is 20.8. The number of carbonyl (C=O) groups is 2. The molecule has 0 radical (unpaired) electrons. The minimum Gasteiger partial charge on any atom is -0.450 e. The van der Waals surface area contributed by atoms with E-state index in [-0.39, 0.29) is 5.78 Å². The molecular formula is C16H24O4. The van der Waals surface area contributed by atoms with Crippen LogP contribution in [0.2, 0.25) is 0 Å². The molecule has 0 aliphatic heterocycles. The standard InChI is InChI=1S/C8H16O3.C8H8O/c1-4-5-6-8(2,3)11-7(9)10;1-7(9)8-5-3-2-4-6-8/h4-6H2,1-3H3,(H,9,10);2-6H,1H3. The minimum absolute atomic E-state index is 0.121. The number of carboxylic acid groups (broad SMARTS) is 1. The molecule has 0 bridgehead atoms. The minimum atomic E-state index is -1.19. The summed E-state index contributed by atoms with van der Waals surface area (Å²) >= 11 is 0. The Morgan fingerprint density at radius 3 is 2.10 bits per heavy atom. The summed E-state index contributed by atoms with van der Waals surface area (Å²) in [7, 11) is 0. The molecule has 0 saturated carbocycles. The molecule has 0 aliphatic rings. The third kappa shape index (κ3) is 9.14. The molecule has 0 aromatic heterocycles.